The molecule has 1 spiro atoms. The highest BCUT2D eigenvalue weighted by Crippen LogP contribution is 2.36. The molecule has 0 aromatic carbocycles. The van der Waals surface area contributed by atoms with E-state index in [0.717, 1.165) is 26.2 Å². The van der Waals surface area contributed by atoms with E-state index < -0.39 is 0 Å². The maximum atomic E-state index is 12.2. The van der Waals surface area contributed by atoms with Gasteiger partial charge in [0, 0.05) is 18.6 Å². The van der Waals surface area contributed by atoms with Crippen molar-refractivity contribution in [2.24, 2.45) is 5.41 Å². The summed E-state index contributed by atoms with van der Waals surface area (Å²) in [5, 5.41) is 6.53. The molecule has 5 heteroatoms. The van der Waals surface area contributed by atoms with E-state index in [1.54, 1.807) is 0 Å². The van der Waals surface area contributed by atoms with Gasteiger partial charge in [0.2, 0.25) is 5.91 Å². The van der Waals surface area contributed by atoms with Crippen molar-refractivity contribution < 1.29 is 4.79 Å². The Hall–Kier alpha value is -0.320. The van der Waals surface area contributed by atoms with Gasteiger partial charge >= 0.3 is 0 Å². The van der Waals surface area contributed by atoms with Crippen LogP contribution in [0.2, 0.25) is 0 Å². The summed E-state index contributed by atoms with van der Waals surface area (Å²) < 4.78 is 0. The lowest BCUT2D eigenvalue weighted by molar-refractivity contribution is -0.127. The summed E-state index contributed by atoms with van der Waals surface area (Å²) in [5.74, 6) is 0.158. The van der Waals surface area contributed by atoms with Gasteiger partial charge in [0.15, 0.2) is 0 Å². The molecule has 2 aliphatic rings. The molecule has 0 aliphatic carbocycles. The third-order valence-corrected chi connectivity index (χ3v) is 4.23. The van der Waals surface area contributed by atoms with Crippen molar-refractivity contribution in [3.63, 3.8) is 0 Å². The van der Waals surface area contributed by atoms with Crippen molar-refractivity contribution >= 4 is 18.3 Å². The average Bonchev–Trinajstić information content (AvgIpc) is 2.86. The molecule has 1 amide bonds. The Bertz CT molecular complexity index is 321. The molecule has 0 saturated carbocycles. The Morgan fingerprint density at radius 1 is 1.37 bits per heavy atom. The lowest BCUT2D eigenvalue weighted by Crippen LogP contribution is -2.50. The molecule has 2 fully saturated rings. The van der Waals surface area contributed by atoms with Gasteiger partial charge in [0.1, 0.15) is 0 Å². The zero-order valence-corrected chi connectivity index (χ0v) is 13.4. The highest BCUT2D eigenvalue weighted by atomic mass is 35.5. The molecule has 0 aromatic heterocycles. The normalized spacial score (nSPS) is 29.3. The lowest BCUT2D eigenvalue weighted by Gasteiger charge is -2.29. The van der Waals surface area contributed by atoms with Crippen molar-refractivity contribution in [2.75, 3.05) is 26.2 Å². The van der Waals surface area contributed by atoms with Crippen LogP contribution in [0.15, 0.2) is 0 Å². The second-order valence-corrected chi connectivity index (χ2v) is 7.06. The van der Waals surface area contributed by atoms with E-state index in [1.807, 2.05) is 27.7 Å². The van der Waals surface area contributed by atoms with E-state index in [-0.39, 0.29) is 29.9 Å². The molecule has 2 heterocycles. The van der Waals surface area contributed by atoms with Crippen LogP contribution in [0.25, 0.3) is 0 Å². The number of halogens is 1. The van der Waals surface area contributed by atoms with Crippen molar-refractivity contribution in [1.29, 1.82) is 0 Å². The first-order valence-electron chi connectivity index (χ1n) is 7.08. The SMILES string of the molecule is CC(C(=O)NC(C)(C)C)N1CCC2(CCNC2)C1.Cl. The zero-order chi connectivity index (χ0) is 13.4. The van der Waals surface area contributed by atoms with Gasteiger partial charge in [-0.2, -0.15) is 0 Å². The van der Waals surface area contributed by atoms with E-state index >= 15 is 0 Å². The number of hydrogen-bond donors (Lipinski definition) is 2. The van der Waals surface area contributed by atoms with Crippen molar-refractivity contribution in [3.05, 3.63) is 0 Å². The van der Waals surface area contributed by atoms with Crippen LogP contribution in [0.5, 0.6) is 0 Å². The molecule has 4 nitrogen and oxygen atoms in total. The summed E-state index contributed by atoms with van der Waals surface area (Å²) in [5.41, 5.74) is 0.300. The second kappa shape index (κ2) is 5.98. The zero-order valence-electron chi connectivity index (χ0n) is 12.6. The minimum absolute atomic E-state index is 0. The first-order chi connectivity index (χ1) is 8.31. The highest BCUT2D eigenvalue weighted by molar-refractivity contribution is 5.85. The number of rotatable bonds is 2. The van der Waals surface area contributed by atoms with E-state index in [4.69, 9.17) is 0 Å². The molecule has 0 radical (unpaired) electrons. The van der Waals surface area contributed by atoms with Crippen LogP contribution >= 0.6 is 12.4 Å². The first kappa shape index (κ1) is 16.7. The van der Waals surface area contributed by atoms with Crippen LogP contribution in [0.4, 0.5) is 0 Å². The van der Waals surface area contributed by atoms with Crippen LogP contribution in [0.1, 0.15) is 40.5 Å². The van der Waals surface area contributed by atoms with Crippen LogP contribution in [-0.2, 0) is 4.79 Å². The minimum atomic E-state index is -0.141. The molecule has 112 valence electrons. The third-order valence-electron chi connectivity index (χ3n) is 4.23. The number of carbonyl (C=O) groups excluding carboxylic acids is 1. The van der Waals surface area contributed by atoms with Gasteiger partial charge in [0.05, 0.1) is 6.04 Å². The third kappa shape index (κ3) is 4.07. The van der Waals surface area contributed by atoms with Gasteiger partial charge < -0.3 is 10.6 Å². The van der Waals surface area contributed by atoms with Crippen molar-refractivity contribution in [1.82, 2.24) is 15.5 Å². The molecule has 2 rings (SSSR count). The summed E-state index contributed by atoms with van der Waals surface area (Å²) in [4.78, 5) is 14.5. The summed E-state index contributed by atoms with van der Waals surface area (Å²) in [6.45, 7) is 12.5. The van der Waals surface area contributed by atoms with Gasteiger partial charge in [-0.15, -0.1) is 12.4 Å². The molecule has 0 aromatic rings. The van der Waals surface area contributed by atoms with Gasteiger partial charge in [-0.25, -0.2) is 0 Å². The van der Waals surface area contributed by atoms with Crippen LogP contribution in [0, 0.1) is 5.41 Å². The summed E-state index contributed by atoms with van der Waals surface area (Å²) >= 11 is 0. The highest BCUT2D eigenvalue weighted by Gasteiger charge is 2.42. The first-order valence-corrected chi connectivity index (χ1v) is 7.08. The number of nitrogens with zero attached hydrogens (tertiary/aromatic N) is 1. The fraction of sp³-hybridized carbons (Fsp3) is 0.929. The van der Waals surface area contributed by atoms with E-state index in [2.05, 4.69) is 15.5 Å². The molecule has 2 N–H and O–H groups in total. The molecular weight excluding hydrogens is 262 g/mol. The van der Waals surface area contributed by atoms with E-state index in [1.165, 1.54) is 12.8 Å². The Kier molecular flexibility index (Phi) is 5.27. The number of amides is 1. The van der Waals surface area contributed by atoms with Gasteiger partial charge in [0.25, 0.3) is 0 Å². The second-order valence-electron chi connectivity index (χ2n) is 7.06. The Balaban J connectivity index is 0.00000180. The smallest absolute Gasteiger partial charge is 0.237 e. The fourth-order valence-corrected chi connectivity index (χ4v) is 3.08. The van der Waals surface area contributed by atoms with Crippen LogP contribution in [-0.4, -0.2) is 48.6 Å². The number of carbonyl (C=O) groups is 1. The minimum Gasteiger partial charge on any atom is -0.350 e. The van der Waals surface area contributed by atoms with Gasteiger partial charge in [-0.1, -0.05) is 0 Å². The lowest BCUT2D eigenvalue weighted by atomic mass is 9.86. The van der Waals surface area contributed by atoms with Crippen LogP contribution < -0.4 is 10.6 Å². The molecular formula is C14H28ClN3O. The molecule has 2 atom stereocenters. The topological polar surface area (TPSA) is 44.4 Å². The van der Waals surface area contributed by atoms with Crippen LogP contribution in [0.3, 0.4) is 0 Å². The average molecular weight is 290 g/mol. The summed E-state index contributed by atoms with van der Waals surface area (Å²) in [6, 6.07) is -0.0100. The molecule has 19 heavy (non-hydrogen) atoms. The van der Waals surface area contributed by atoms with Gasteiger partial charge in [-0.3, -0.25) is 9.69 Å². The number of hydrogen-bond acceptors (Lipinski definition) is 3. The Morgan fingerprint density at radius 2 is 2.05 bits per heavy atom. The number of nitrogens with one attached hydrogen (secondary N) is 2. The molecule has 2 unspecified atom stereocenters. The summed E-state index contributed by atoms with van der Waals surface area (Å²) in [6.07, 6.45) is 2.49. The van der Waals surface area contributed by atoms with Gasteiger partial charge in [-0.05, 0) is 59.0 Å². The number of likely N-dealkylation sites (tertiary alicyclic amines) is 1. The maximum Gasteiger partial charge on any atom is 0.237 e. The monoisotopic (exact) mass is 289 g/mol. The van der Waals surface area contributed by atoms with Crippen molar-refractivity contribution in [3.8, 4) is 0 Å². The van der Waals surface area contributed by atoms with E-state index in [0.29, 0.717) is 5.41 Å². The predicted molar refractivity (Wildman–Crippen MR) is 80.7 cm³/mol. The largest absolute Gasteiger partial charge is 0.350 e. The Labute approximate surface area is 123 Å². The maximum absolute atomic E-state index is 12.2. The Morgan fingerprint density at radius 3 is 2.58 bits per heavy atom. The standard InChI is InChI=1S/C14H27N3O.ClH/c1-11(12(18)16-13(2,3)4)17-8-6-14(10-17)5-7-15-9-14;/h11,15H,5-10H2,1-4H3,(H,16,18);1H. The molecule has 2 saturated heterocycles. The fourth-order valence-electron chi connectivity index (χ4n) is 3.08. The quantitative estimate of drug-likeness (QED) is 0.808. The molecule has 0 bridgehead atoms. The predicted octanol–water partition coefficient (Wildman–Crippen LogP) is 1.40. The molecule has 2 aliphatic heterocycles. The van der Waals surface area contributed by atoms with E-state index in [9.17, 15) is 4.79 Å². The summed E-state index contributed by atoms with van der Waals surface area (Å²) in [7, 11) is 0. The van der Waals surface area contributed by atoms with Crippen molar-refractivity contribution in [2.45, 2.75) is 52.1 Å².